The third kappa shape index (κ3) is 4.01. The molecule has 0 aliphatic rings. The van der Waals surface area contributed by atoms with E-state index in [1.165, 1.54) is 0 Å². The molecule has 0 saturated carbocycles. The third-order valence-corrected chi connectivity index (χ3v) is 2.26. The molecule has 1 heterocycles. The Kier molecular flexibility index (Phi) is 5.58. The van der Waals surface area contributed by atoms with Crippen LogP contribution in [0.3, 0.4) is 0 Å². The normalized spacial score (nSPS) is 9.22. The van der Waals surface area contributed by atoms with Gasteiger partial charge >= 0.3 is 5.97 Å². The van der Waals surface area contributed by atoms with E-state index in [0.717, 1.165) is 11.1 Å². The second-order valence-electron chi connectivity index (χ2n) is 3.47. The van der Waals surface area contributed by atoms with Gasteiger partial charge in [0.2, 0.25) is 0 Å². The second-order valence-corrected chi connectivity index (χ2v) is 3.47. The molecule has 0 atom stereocenters. The zero-order valence-electron chi connectivity index (χ0n) is 10.6. The average Bonchev–Trinajstić information content (AvgIpc) is 2.42. The summed E-state index contributed by atoms with van der Waals surface area (Å²) in [5, 5.41) is 8.61. The molecule has 0 aliphatic heterocycles. The number of aromatic nitrogens is 1. The third-order valence-electron chi connectivity index (χ3n) is 2.26. The highest BCUT2D eigenvalue weighted by Gasteiger charge is 2.02. The number of aliphatic carboxylic acids is 1. The molecule has 2 rings (SSSR count). The van der Waals surface area contributed by atoms with Crippen LogP contribution in [0.25, 0.3) is 11.1 Å². The van der Waals surface area contributed by atoms with Crippen molar-refractivity contribution in [2.75, 3.05) is 0 Å². The molecule has 1 aromatic carbocycles. The molecule has 3 heteroatoms. The Bertz CT molecular complexity index is 478. The monoisotopic (exact) mass is 243 g/mol. The summed E-state index contributed by atoms with van der Waals surface area (Å²) in [6.45, 7) is 4.00. The molecule has 0 radical (unpaired) electrons. The Labute approximate surface area is 107 Å². The van der Waals surface area contributed by atoms with Crippen molar-refractivity contribution in [1.82, 2.24) is 4.98 Å². The van der Waals surface area contributed by atoms with Crippen LogP contribution in [0.5, 0.6) is 0 Å². The highest BCUT2D eigenvalue weighted by atomic mass is 16.4. The van der Waals surface area contributed by atoms with Gasteiger partial charge in [0.25, 0.3) is 0 Å². The fourth-order valence-corrected chi connectivity index (χ4v) is 1.49. The van der Waals surface area contributed by atoms with Gasteiger partial charge in [-0.15, -0.1) is 0 Å². The molecule has 0 unspecified atom stereocenters. The van der Waals surface area contributed by atoms with Crippen molar-refractivity contribution >= 4 is 5.97 Å². The van der Waals surface area contributed by atoms with Crippen molar-refractivity contribution < 1.29 is 9.90 Å². The summed E-state index contributed by atoms with van der Waals surface area (Å²) >= 11 is 0. The summed E-state index contributed by atoms with van der Waals surface area (Å²) in [5.74, 6) is -0.861. The Morgan fingerprint density at radius 1 is 1.06 bits per heavy atom. The lowest BCUT2D eigenvalue weighted by atomic mass is 10.1. The summed E-state index contributed by atoms with van der Waals surface area (Å²) in [5.41, 5.74) is 2.65. The van der Waals surface area contributed by atoms with Gasteiger partial charge in [-0.05, 0) is 11.6 Å². The minimum Gasteiger partial charge on any atom is -0.481 e. The Balaban J connectivity index is 0.000000771. The molecule has 0 bridgehead atoms. The number of pyridine rings is 1. The molecule has 3 nitrogen and oxygen atoms in total. The van der Waals surface area contributed by atoms with Gasteiger partial charge in [-0.2, -0.15) is 0 Å². The number of carboxylic acid groups (broad SMARTS) is 1. The minimum atomic E-state index is -0.861. The predicted molar refractivity (Wildman–Crippen MR) is 72.4 cm³/mol. The van der Waals surface area contributed by atoms with Crippen LogP contribution in [0.1, 0.15) is 19.5 Å². The van der Waals surface area contributed by atoms with Crippen LogP contribution in [-0.4, -0.2) is 16.1 Å². The molecule has 0 saturated heterocycles. The van der Waals surface area contributed by atoms with Gasteiger partial charge in [0.15, 0.2) is 0 Å². The molecular formula is C15H17NO2. The van der Waals surface area contributed by atoms with E-state index in [4.69, 9.17) is 5.11 Å². The maximum absolute atomic E-state index is 10.5. The van der Waals surface area contributed by atoms with Crippen molar-refractivity contribution in [3.8, 4) is 11.1 Å². The number of benzene rings is 1. The summed E-state index contributed by atoms with van der Waals surface area (Å²) < 4.78 is 0. The topological polar surface area (TPSA) is 50.2 Å². The molecule has 0 fully saturated rings. The number of carbonyl (C=O) groups is 1. The number of rotatable bonds is 3. The molecule has 18 heavy (non-hydrogen) atoms. The first kappa shape index (κ1) is 13.9. The largest absolute Gasteiger partial charge is 0.481 e. The molecule has 94 valence electrons. The first-order valence-electron chi connectivity index (χ1n) is 5.98. The van der Waals surface area contributed by atoms with E-state index in [0.29, 0.717) is 5.69 Å². The quantitative estimate of drug-likeness (QED) is 0.898. The molecular weight excluding hydrogens is 226 g/mol. The van der Waals surface area contributed by atoms with Crippen LogP contribution < -0.4 is 0 Å². The lowest BCUT2D eigenvalue weighted by Gasteiger charge is -2.01. The van der Waals surface area contributed by atoms with Gasteiger partial charge in [-0.1, -0.05) is 50.2 Å². The highest BCUT2D eigenvalue weighted by molar-refractivity contribution is 5.70. The zero-order chi connectivity index (χ0) is 13.4. The van der Waals surface area contributed by atoms with Gasteiger partial charge in [0.1, 0.15) is 0 Å². The standard InChI is InChI=1S/C13H11NO2.C2H6/c15-13(16)8-12-7-6-11(9-14-12)10-4-2-1-3-5-10;1-2/h1-7,9H,8H2,(H,15,16);1-2H3. The molecule has 2 aromatic rings. The molecule has 1 N–H and O–H groups in total. The number of hydrogen-bond acceptors (Lipinski definition) is 2. The van der Waals surface area contributed by atoms with Gasteiger partial charge in [-0.3, -0.25) is 9.78 Å². The van der Waals surface area contributed by atoms with Crippen LogP contribution in [0.2, 0.25) is 0 Å². The smallest absolute Gasteiger partial charge is 0.309 e. The number of carboxylic acids is 1. The Morgan fingerprint density at radius 3 is 2.22 bits per heavy atom. The summed E-state index contributed by atoms with van der Waals surface area (Å²) in [6, 6.07) is 13.5. The van der Waals surface area contributed by atoms with Gasteiger partial charge in [0.05, 0.1) is 12.1 Å². The first-order valence-corrected chi connectivity index (χ1v) is 5.98. The van der Waals surface area contributed by atoms with E-state index < -0.39 is 5.97 Å². The van der Waals surface area contributed by atoms with Crippen molar-refractivity contribution in [3.05, 3.63) is 54.4 Å². The maximum atomic E-state index is 10.5. The van der Waals surface area contributed by atoms with Crippen LogP contribution >= 0.6 is 0 Å². The number of nitrogens with zero attached hydrogens (tertiary/aromatic N) is 1. The molecule has 0 amide bonds. The van der Waals surface area contributed by atoms with E-state index in [2.05, 4.69) is 4.98 Å². The van der Waals surface area contributed by atoms with E-state index >= 15 is 0 Å². The fourth-order valence-electron chi connectivity index (χ4n) is 1.49. The average molecular weight is 243 g/mol. The van der Waals surface area contributed by atoms with Crippen LogP contribution in [0, 0.1) is 0 Å². The van der Waals surface area contributed by atoms with Crippen molar-refractivity contribution in [2.24, 2.45) is 0 Å². The van der Waals surface area contributed by atoms with Crippen LogP contribution in [-0.2, 0) is 11.2 Å². The Hall–Kier alpha value is -2.16. The van der Waals surface area contributed by atoms with Crippen molar-refractivity contribution in [2.45, 2.75) is 20.3 Å². The zero-order valence-corrected chi connectivity index (χ0v) is 10.6. The second kappa shape index (κ2) is 7.22. The van der Waals surface area contributed by atoms with E-state index in [1.807, 2.05) is 50.2 Å². The highest BCUT2D eigenvalue weighted by Crippen LogP contribution is 2.17. The maximum Gasteiger partial charge on any atom is 0.309 e. The first-order chi connectivity index (χ1) is 8.75. The van der Waals surface area contributed by atoms with E-state index in [9.17, 15) is 4.79 Å². The Morgan fingerprint density at radius 2 is 1.72 bits per heavy atom. The molecule has 0 spiro atoms. The summed E-state index contributed by atoms with van der Waals surface area (Å²) in [4.78, 5) is 14.6. The van der Waals surface area contributed by atoms with Gasteiger partial charge < -0.3 is 5.11 Å². The van der Waals surface area contributed by atoms with Crippen molar-refractivity contribution in [1.29, 1.82) is 0 Å². The SMILES string of the molecule is CC.O=C(O)Cc1ccc(-c2ccccc2)cn1. The van der Waals surface area contributed by atoms with E-state index in [-0.39, 0.29) is 6.42 Å². The summed E-state index contributed by atoms with van der Waals surface area (Å²) in [7, 11) is 0. The lowest BCUT2D eigenvalue weighted by molar-refractivity contribution is -0.136. The van der Waals surface area contributed by atoms with E-state index in [1.54, 1.807) is 12.3 Å². The predicted octanol–water partition coefficient (Wildman–Crippen LogP) is 3.40. The van der Waals surface area contributed by atoms with Crippen LogP contribution in [0.4, 0.5) is 0 Å². The van der Waals surface area contributed by atoms with Gasteiger partial charge in [-0.25, -0.2) is 0 Å². The molecule has 1 aromatic heterocycles. The van der Waals surface area contributed by atoms with Gasteiger partial charge in [0, 0.05) is 11.8 Å². The van der Waals surface area contributed by atoms with Crippen molar-refractivity contribution in [3.63, 3.8) is 0 Å². The summed E-state index contributed by atoms with van der Waals surface area (Å²) in [6.07, 6.45) is 1.67. The molecule has 0 aliphatic carbocycles. The van der Waals surface area contributed by atoms with Crippen LogP contribution in [0.15, 0.2) is 48.7 Å². The fraction of sp³-hybridized carbons (Fsp3) is 0.200. The lowest BCUT2D eigenvalue weighted by Crippen LogP contribution is -2.01. The minimum absolute atomic E-state index is 0.0327. The number of hydrogen-bond donors (Lipinski definition) is 1.